The van der Waals surface area contributed by atoms with E-state index in [-0.39, 0.29) is 41.6 Å². The van der Waals surface area contributed by atoms with Gasteiger partial charge in [-0.3, -0.25) is 4.79 Å². The summed E-state index contributed by atoms with van der Waals surface area (Å²) in [4.78, 5) is 12.5. The third-order valence-electron chi connectivity index (χ3n) is 5.63. The van der Waals surface area contributed by atoms with Gasteiger partial charge in [-0.2, -0.15) is 0 Å². The van der Waals surface area contributed by atoms with Crippen LogP contribution in [-0.2, 0) is 21.2 Å². The molecule has 0 unspecified atom stereocenters. The van der Waals surface area contributed by atoms with Gasteiger partial charge in [-0.15, -0.1) is 0 Å². The molecule has 186 valence electrons. The van der Waals surface area contributed by atoms with Crippen LogP contribution in [0.25, 0.3) is 16.8 Å². The Morgan fingerprint density at radius 3 is 2.43 bits per heavy atom. The van der Waals surface area contributed by atoms with Crippen molar-refractivity contribution in [3.63, 3.8) is 0 Å². The number of amides is 1. The molecule has 1 amide bonds. The van der Waals surface area contributed by atoms with Crippen molar-refractivity contribution in [3.8, 4) is 11.5 Å². The second-order valence-electron chi connectivity index (χ2n) is 8.02. The molecule has 0 saturated carbocycles. The number of halogens is 1. The summed E-state index contributed by atoms with van der Waals surface area (Å²) in [7, 11) is -1.22. The Kier molecular flexibility index (Phi) is 9.98. The van der Waals surface area contributed by atoms with Crippen LogP contribution >= 0.6 is 15.9 Å². The Bertz CT molecular complexity index is 1580. The van der Waals surface area contributed by atoms with Crippen LogP contribution in [0, 0.1) is 0 Å². The molecule has 0 aliphatic carbocycles. The molecule has 0 aliphatic heterocycles. The molecule has 9 heteroatoms. The van der Waals surface area contributed by atoms with Gasteiger partial charge < -0.3 is 10.9 Å². The Morgan fingerprint density at radius 2 is 1.70 bits per heavy atom. The van der Waals surface area contributed by atoms with Gasteiger partial charge in [0.25, 0.3) is 15.9 Å². The smallest absolute Gasteiger partial charge is 1.00 e. The molecular formula is C28H25BrNNaO5S. The van der Waals surface area contributed by atoms with E-state index in [0.717, 1.165) is 27.5 Å². The second kappa shape index (κ2) is 12.8. The predicted molar refractivity (Wildman–Crippen MR) is 146 cm³/mol. The van der Waals surface area contributed by atoms with E-state index in [4.69, 9.17) is 9.47 Å². The molecule has 0 heterocycles. The molecule has 0 bridgehead atoms. The third kappa shape index (κ3) is 7.24. The Balaban J connectivity index is 0.00000253. The molecule has 1 N–H and O–H groups in total. The van der Waals surface area contributed by atoms with Crippen molar-refractivity contribution in [2.24, 2.45) is 0 Å². The summed E-state index contributed by atoms with van der Waals surface area (Å²) in [6.07, 6.45) is 3.41. The maximum Gasteiger partial charge on any atom is 1.00 e. The molecule has 4 rings (SSSR count). The molecule has 6 nitrogen and oxygen atoms in total. The Morgan fingerprint density at radius 1 is 0.946 bits per heavy atom. The van der Waals surface area contributed by atoms with Crippen molar-refractivity contribution in [1.82, 2.24) is 4.72 Å². The minimum atomic E-state index is -4.15. The van der Waals surface area contributed by atoms with E-state index in [9.17, 15) is 13.2 Å². The van der Waals surface area contributed by atoms with Crippen molar-refractivity contribution >= 4 is 48.7 Å². The number of carbonyl (C=O) groups excluding carboxylic acids is 1. The summed E-state index contributed by atoms with van der Waals surface area (Å²) < 4.78 is 38.7. The van der Waals surface area contributed by atoms with Gasteiger partial charge in [0.1, 0.15) is 16.4 Å². The molecule has 0 saturated heterocycles. The minimum Gasteiger partial charge on any atom is -1.00 e. The van der Waals surface area contributed by atoms with Gasteiger partial charge in [-0.1, -0.05) is 64.5 Å². The summed E-state index contributed by atoms with van der Waals surface area (Å²) in [6, 6.07) is 24.6. The first-order valence-corrected chi connectivity index (χ1v) is 13.3. The molecule has 0 atom stereocenters. The first-order chi connectivity index (χ1) is 17.3. The summed E-state index contributed by atoms with van der Waals surface area (Å²) in [6.45, 7) is 0. The van der Waals surface area contributed by atoms with Crippen LogP contribution in [0.2, 0.25) is 0 Å². The predicted octanol–water partition coefficient (Wildman–Crippen LogP) is 2.85. The summed E-state index contributed by atoms with van der Waals surface area (Å²) in [5, 5.41) is 2.31. The van der Waals surface area contributed by atoms with Gasteiger partial charge in [-0.25, -0.2) is 13.1 Å². The average Bonchev–Trinajstić information content (AvgIpc) is 2.87. The summed E-state index contributed by atoms with van der Waals surface area (Å²) >= 11 is 3.25. The third-order valence-corrected chi connectivity index (χ3v) is 7.49. The molecule has 0 radical (unpaired) electrons. The number of hydrogen-bond acceptors (Lipinski definition) is 5. The topological polar surface area (TPSA) is 81.7 Å². The van der Waals surface area contributed by atoms with E-state index in [1.54, 1.807) is 19.3 Å². The van der Waals surface area contributed by atoms with Crippen LogP contribution in [-0.4, -0.2) is 28.5 Å². The molecule has 4 aromatic carbocycles. The fourth-order valence-corrected chi connectivity index (χ4v) is 5.49. The second-order valence-corrected chi connectivity index (χ2v) is 10.6. The molecule has 4 aromatic rings. The first-order valence-electron chi connectivity index (χ1n) is 11.0. The maximum atomic E-state index is 12.8. The fraction of sp³-hybridized carbons (Fsp3) is 0.107. The summed E-state index contributed by atoms with van der Waals surface area (Å²) in [5.41, 5.74) is 2.82. The number of ether oxygens (including phenoxy) is 2. The van der Waals surface area contributed by atoms with E-state index in [2.05, 4.69) is 51.0 Å². The number of methoxy groups -OCH3 is 2. The number of rotatable bonds is 8. The zero-order valence-corrected chi connectivity index (χ0v) is 25.1. The van der Waals surface area contributed by atoms with Crippen LogP contribution in [0.1, 0.15) is 18.1 Å². The molecule has 37 heavy (non-hydrogen) atoms. The zero-order chi connectivity index (χ0) is 25.7. The van der Waals surface area contributed by atoms with Crippen molar-refractivity contribution < 1.29 is 53.7 Å². The number of benzene rings is 4. The number of hydrogen-bond donors (Lipinski definition) is 1. The minimum absolute atomic E-state index is 0. The van der Waals surface area contributed by atoms with Crippen LogP contribution in [0.4, 0.5) is 0 Å². The van der Waals surface area contributed by atoms with E-state index >= 15 is 0 Å². The molecule has 0 fully saturated rings. The van der Waals surface area contributed by atoms with Gasteiger partial charge in [0.2, 0.25) is 0 Å². The number of carbonyl (C=O) groups is 1. The van der Waals surface area contributed by atoms with Crippen molar-refractivity contribution in [2.45, 2.75) is 11.3 Å². The zero-order valence-electron chi connectivity index (χ0n) is 21.7. The average molecular weight is 590 g/mol. The molecular weight excluding hydrogens is 565 g/mol. The quantitative estimate of drug-likeness (QED) is 0.252. The number of fused-ring (bicyclic) bond motifs is 1. The van der Waals surface area contributed by atoms with E-state index in [1.165, 1.54) is 25.3 Å². The maximum absolute atomic E-state index is 12.8. The van der Waals surface area contributed by atoms with Gasteiger partial charge in [0.05, 0.1) is 14.2 Å². The van der Waals surface area contributed by atoms with Crippen LogP contribution in [0.5, 0.6) is 11.5 Å². The Hall–Kier alpha value is -2.62. The van der Waals surface area contributed by atoms with E-state index < -0.39 is 15.9 Å². The first kappa shape index (κ1) is 28.9. The normalized spacial score (nSPS) is 11.2. The SMILES string of the molecule is COc1ccc(Cc2ccc3ccccc3c2)c(/C=C/C(=O)NS(=O)(=O)c2cc(Br)ccc2OC)c1.[H-].[Na+]. The number of sulfonamides is 1. The van der Waals surface area contributed by atoms with Crippen molar-refractivity contribution in [3.05, 3.63) is 106 Å². The van der Waals surface area contributed by atoms with E-state index in [1.807, 2.05) is 30.3 Å². The molecule has 0 aliphatic rings. The van der Waals surface area contributed by atoms with Crippen LogP contribution < -0.4 is 43.8 Å². The van der Waals surface area contributed by atoms with Gasteiger partial charge in [-0.05, 0) is 70.3 Å². The van der Waals surface area contributed by atoms with Crippen LogP contribution in [0.3, 0.4) is 0 Å². The standard InChI is InChI=1S/C28H24BrNO5S.Na.H/c1-34-25-12-9-22(16-19-7-8-20-5-3-4-6-21(20)15-19)23(17-25)10-14-28(31)30-36(32,33)27-18-24(29)11-13-26(27)35-2;;/h3-15,17-18H,16H2,1-2H3,(H,30,31);;/q;+1;-1/b14-10+;;. The fourth-order valence-electron chi connectivity index (χ4n) is 3.83. The van der Waals surface area contributed by atoms with Gasteiger partial charge in [0.15, 0.2) is 0 Å². The van der Waals surface area contributed by atoms with Gasteiger partial charge >= 0.3 is 29.6 Å². The molecule has 0 aromatic heterocycles. The summed E-state index contributed by atoms with van der Waals surface area (Å²) in [5.74, 6) is -0.0201. The van der Waals surface area contributed by atoms with Crippen molar-refractivity contribution in [2.75, 3.05) is 14.2 Å². The largest absolute Gasteiger partial charge is 1.00 e. The monoisotopic (exact) mass is 589 g/mol. The number of nitrogens with one attached hydrogen (secondary N) is 1. The van der Waals surface area contributed by atoms with E-state index in [0.29, 0.717) is 16.6 Å². The van der Waals surface area contributed by atoms with Crippen molar-refractivity contribution in [1.29, 1.82) is 0 Å². The van der Waals surface area contributed by atoms with Gasteiger partial charge in [0, 0.05) is 10.5 Å². The Labute approximate surface area is 248 Å². The van der Waals surface area contributed by atoms with Crippen LogP contribution in [0.15, 0.2) is 94.3 Å². The molecule has 0 spiro atoms.